The van der Waals surface area contributed by atoms with E-state index in [1.165, 1.54) is 0 Å². The first-order chi connectivity index (χ1) is 11.0. The van der Waals surface area contributed by atoms with Crippen molar-refractivity contribution in [1.82, 2.24) is 0 Å². The second kappa shape index (κ2) is 7.16. The summed E-state index contributed by atoms with van der Waals surface area (Å²) in [5.41, 5.74) is 5.55. The van der Waals surface area contributed by atoms with Crippen molar-refractivity contribution < 1.29 is 17.9 Å². The molecule has 0 aromatic heterocycles. The largest absolute Gasteiger partial charge is 0.484 e. The smallest absolute Gasteiger partial charge is 0.416 e. The van der Waals surface area contributed by atoms with Gasteiger partial charge in [0.05, 0.1) is 11.1 Å². The summed E-state index contributed by atoms with van der Waals surface area (Å²) in [5, 5.41) is 9.09. The Morgan fingerprint density at radius 1 is 1.13 bits per heavy atom. The summed E-state index contributed by atoms with van der Waals surface area (Å²) < 4.78 is 44.3. The van der Waals surface area contributed by atoms with Crippen LogP contribution in [-0.4, -0.2) is 6.54 Å². The topological polar surface area (TPSA) is 59.0 Å². The van der Waals surface area contributed by atoms with E-state index in [9.17, 15) is 13.2 Å². The molecule has 0 amide bonds. The van der Waals surface area contributed by atoms with E-state index in [4.69, 9.17) is 15.7 Å². The molecular formula is C17H15F3N2O. The molecule has 0 spiro atoms. The van der Waals surface area contributed by atoms with Gasteiger partial charge < -0.3 is 10.5 Å². The van der Waals surface area contributed by atoms with Crippen LogP contribution in [0.25, 0.3) is 0 Å². The molecule has 0 aliphatic heterocycles. The van der Waals surface area contributed by atoms with Gasteiger partial charge in [-0.25, -0.2) is 0 Å². The molecule has 1 atom stereocenters. The molecule has 0 bridgehead atoms. The summed E-state index contributed by atoms with van der Waals surface area (Å²) in [5.74, 6) is -0.0929. The van der Waals surface area contributed by atoms with E-state index in [-0.39, 0.29) is 11.3 Å². The van der Waals surface area contributed by atoms with E-state index < -0.39 is 17.8 Å². The summed E-state index contributed by atoms with van der Waals surface area (Å²) >= 11 is 0. The van der Waals surface area contributed by atoms with Gasteiger partial charge in [-0.3, -0.25) is 0 Å². The number of rotatable bonds is 5. The van der Waals surface area contributed by atoms with E-state index in [1.54, 1.807) is 24.3 Å². The lowest BCUT2D eigenvalue weighted by atomic mass is 10.1. The highest BCUT2D eigenvalue weighted by Gasteiger charge is 2.31. The Balaban J connectivity index is 2.37. The highest BCUT2D eigenvalue weighted by Crippen LogP contribution is 2.35. The summed E-state index contributed by atoms with van der Waals surface area (Å²) in [4.78, 5) is 0. The molecule has 2 rings (SSSR count). The van der Waals surface area contributed by atoms with Gasteiger partial charge >= 0.3 is 6.18 Å². The highest BCUT2D eigenvalue weighted by molar-refractivity contribution is 5.46. The Bertz CT molecular complexity index is 693. The molecule has 0 aliphatic carbocycles. The second-order valence-electron chi connectivity index (χ2n) is 4.92. The van der Waals surface area contributed by atoms with Crippen LogP contribution in [0.2, 0.25) is 0 Å². The van der Waals surface area contributed by atoms with E-state index in [1.807, 2.05) is 12.1 Å². The molecule has 0 fully saturated rings. The van der Waals surface area contributed by atoms with Crippen LogP contribution in [0, 0.1) is 11.3 Å². The van der Waals surface area contributed by atoms with Crippen molar-refractivity contribution in [3.8, 4) is 11.8 Å². The maximum absolute atomic E-state index is 12.9. The summed E-state index contributed by atoms with van der Waals surface area (Å²) in [6, 6.07) is 13.7. The number of nitriles is 1. The van der Waals surface area contributed by atoms with E-state index >= 15 is 0 Å². The van der Waals surface area contributed by atoms with Crippen LogP contribution in [0.3, 0.4) is 0 Å². The number of nitrogens with zero attached hydrogens (tertiary/aromatic N) is 1. The molecule has 6 heteroatoms. The molecule has 2 N–H and O–H groups in total. The van der Waals surface area contributed by atoms with Crippen molar-refractivity contribution in [1.29, 1.82) is 5.26 Å². The van der Waals surface area contributed by atoms with Gasteiger partial charge in [-0.15, -0.1) is 0 Å². The summed E-state index contributed by atoms with van der Waals surface area (Å²) in [6.07, 6.45) is -4.59. The number of ether oxygens (including phenoxy) is 1. The normalized spacial score (nSPS) is 12.5. The lowest BCUT2D eigenvalue weighted by Crippen LogP contribution is -2.14. The zero-order chi connectivity index (χ0) is 16.9. The third-order valence-electron chi connectivity index (χ3n) is 3.30. The van der Waals surface area contributed by atoms with E-state index in [0.29, 0.717) is 13.0 Å². The second-order valence-corrected chi connectivity index (χ2v) is 4.92. The lowest BCUT2D eigenvalue weighted by Gasteiger charge is -2.20. The van der Waals surface area contributed by atoms with Crippen LogP contribution in [0.15, 0.2) is 48.5 Å². The SMILES string of the molecule is N#Cc1ccc(C(F)(F)F)cc1O[C@H](CCN)c1ccccc1. The van der Waals surface area contributed by atoms with Crippen molar-refractivity contribution in [3.05, 3.63) is 65.2 Å². The van der Waals surface area contributed by atoms with Gasteiger partial charge in [0.2, 0.25) is 0 Å². The van der Waals surface area contributed by atoms with Crippen molar-refractivity contribution in [2.45, 2.75) is 18.7 Å². The molecule has 2 aromatic rings. The number of hydrogen-bond donors (Lipinski definition) is 1. The highest BCUT2D eigenvalue weighted by atomic mass is 19.4. The molecule has 2 aromatic carbocycles. The maximum atomic E-state index is 12.9. The van der Waals surface area contributed by atoms with Gasteiger partial charge in [0.25, 0.3) is 0 Å². The minimum absolute atomic E-state index is 0.0518. The Labute approximate surface area is 132 Å². The van der Waals surface area contributed by atoms with Crippen molar-refractivity contribution in [2.75, 3.05) is 6.54 Å². The van der Waals surface area contributed by atoms with Crippen LogP contribution < -0.4 is 10.5 Å². The summed E-state index contributed by atoms with van der Waals surface area (Å²) in [6.45, 7) is 0.306. The fraction of sp³-hybridized carbons (Fsp3) is 0.235. The molecule has 0 unspecified atom stereocenters. The van der Waals surface area contributed by atoms with Gasteiger partial charge in [0.15, 0.2) is 0 Å². The van der Waals surface area contributed by atoms with Crippen LogP contribution in [0.5, 0.6) is 5.75 Å². The number of nitrogens with two attached hydrogens (primary N) is 1. The molecule has 23 heavy (non-hydrogen) atoms. The zero-order valence-corrected chi connectivity index (χ0v) is 12.2. The van der Waals surface area contributed by atoms with Crippen molar-refractivity contribution in [2.24, 2.45) is 5.73 Å². The van der Waals surface area contributed by atoms with E-state index in [0.717, 1.165) is 23.8 Å². The third-order valence-corrected chi connectivity index (χ3v) is 3.30. The monoisotopic (exact) mass is 320 g/mol. The van der Waals surface area contributed by atoms with Gasteiger partial charge in [0, 0.05) is 6.42 Å². The van der Waals surface area contributed by atoms with Crippen LogP contribution in [-0.2, 0) is 6.18 Å². The van der Waals surface area contributed by atoms with E-state index in [2.05, 4.69) is 0 Å². The summed E-state index contributed by atoms with van der Waals surface area (Å²) in [7, 11) is 0. The van der Waals surface area contributed by atoms with Crippen molar-refractivity contribution >= 4 is 0 Å². The fourth-order valence-electron chi connectivity index (χ4n) is 2.15. The van der Waals surface area contributed by atoms with Crippen molar-refractivity contribution in [3.63, 3.8) is 0 Å². The minimum Gasteiger partial charge on any atom is -0.484 e. The number of alkyl halides is 3. The molecule has 0 aliphatic rings. The van der Waals surface area contributed by atoms with Crippen LogP contribution >= 0.6 is 0 Å². The minimum atomic E-state index is -4.50. The Morgan fingerprint density at radius 2 is 1.83 bits per heavy atom. The molecule has 0 heterocycles. The Kier molecular flexibility index (Phi) is 5.24. The first-order valence-corrected chi connectivity index (χ1v) is 6.98. The lowest BCUT2D eigenvalue weighted by molar-refractivity contribution is -0.137. The third kappa shape index (κ3) is 4.24. The van der Waals surface area contributed by atoms with Gasteiger partial charge in [-0.1, -0.05) is 30.3 Å². The molecule has 0 saturated heterocycles. The van der Waals surface area contributed by atoms with Crippen LogP contribution in [0.1, 0.15) is 29.2 Å². The Morgan fingerprint density at radius 3 is 2.39 bits per heavy atom. The van der Waals surface area contributed by atoms with Crippen LogP contribution in [0.4, 0.5) is 13.2 Å². The van der Waals surface area contributed by atoms with Gasteiger partial charge in [0.1, 0.15) is 17.9 Å². The predicted octanol–water partition coefficient (Wildman–Crippen LogP) is 4.05. The molecule has 3 nitrogen and oxygen atoms in total. The zero-order valence-electron chi connectivity index (χ0n) is 12.2. The van der Waals surface area contributed by atoms with Gasteiger partial charge in [-0.05, 0) is 30.3 Å². The number of halogens is 3. The average molecular weight is 320 g/mol. The predicted molar refractivity (Wildman–Crippen MR) is 79.6 cm³/mol. The van der Waals surface area contributed by atoms with Gasteiger partial charge in [-0.2, -0.15) is 18.4 Å². The quantitative estimate of drug-likeness (QED) is 0.904. The fourth-order valence-corrected chi connectivity index (χ4v) is 2.15. The Hall–Kier alpha value is -2.52. The molecule has 120 valence electrons. The molecule has 0 radical (unpaired) electrons. The molecular weight excluding hydrogens is 305 g/mol. The average Bonchev–Trinajstić information content (AvgIpc) is 2.54. The first-order valence-electron chi connectivity index (χ1n) is 6.98. The standard InChI is InChI=1S/C17H15F3N2O/c18-17(19,20)14-7-6-13(11-22)16(10-14)23-15(8-9-21)12-4-2-1-3-5-12/h1-7,10,15H,8-9,21H2/t15-/m1/s1. The number of hydrogen-bond acceptors (Lipinski definition) is 3. The number of benzene rings is 2. The maximum Gasteiger partial charge on any atom is 0.416 e. The first kappa shape index (κ1) is 16.8. The molecule has 0 saturated carbocycles.